The molecule has 88 valence electrons. The quantitative estimate of drug-likeness (QED) is 0.713. The van der Waals surface area contributed by atoms with Gasteiger partial charge in [0.2, 0.25) is 0 Å². The minimum absolute atomic E-state index is 0.0613. The van der Waals surface area contributed by atoms with Crippen molar-refractivity contribution in [3.63, 3.8) is 0 Å². The van der Waals surface area contributed by atoms with Crippen molar-refractivity contribution in [3.8, 4) is 11.1 Å². The fourth-order valence-corrected chi connectivity index (χ4v) is 2.28. The molecule has 1 N–H and O–H groups in total. The molecular formula is C14H7FO3. The second-order valence-electron chi connectivity index (χ2n) is 4.05. The predicted octanol–water partition coefficient (Wildman–Crippen LogP) is 2.74. The molecule has 0 atom stereocenters. The second kappa shape index (κ2) is 3.50. The van der Waals surface area contributed by atoms with Crippen LogP contribution in [0.4, 0.5) is 4.39 Å². The number of aromatic carboxylic acids is 1. The highest BCUT2D eigenvalue weighted by Crippen LogP contribution is 2.39. The van der Waals surface area contributed by atoms with Crippen molar-refractivity contribution >= 4 is 11.8 Å². The number of halogens is 1. The highest BCUT2D eigenvalue weighted by atomic mass is 19.1. The highest BCUT2D eigenvalue weighted by Gasteiger charge is 2.30. The van der Waals surface area contributed by atoms with E-state index >= 15 is 0 Å². The fourth-order valence-electron chi connectivity index (χ4n) is 2.28. The highest BCUT2D eigenvalue weighted by molar-refractivity contribution is 6.24. The Balaban J connectivity index is 2.39. The number of carboxylic acids is 1. The van der Waals surface area contributed by atoms with Gasteiger partial charge in [-0.05, 0) is 23.8 Å². The van der Waals surface area contributed by atoms with Gasteiger partial charge in [-0.25, -0.2) is 9.18 Å². The van der Waals surface area contributed by atoms with Crippen LogP contribution < -0.4 is 0 Å². The zero-order valence-corrected chi connectivity index (χ0v) is 9.11. The molecule has 0 saturated carbocycles. The number of carbonyl (C=O) groups excluding carboxylic acids is 1. The van der Waals surface area contributed by atoms with E-state index in [1.165, 1.54) is 24.3 Å². The van der Waals surface area contributed by atoms with Crippen molar-refractivity contribution in [1.29, 1.82) is 0 Å². The van der Waals surface area contributed by atoms with Gasteiger partial charge < -0.3 is 5.11 Å². The molecule has 4 heteroatoms. The molecule has 0 fully saturated rings. The van der Waals surface area contributed by atoms with Gasteiger partial charge in [-0.1, -0.05) is 18.2 Å². The first-order valence-electron chi connectivity index (χ1n) is 5.30. The van der Waals surface area contributed by atoms with Crippen LogP contribution in [0.25, 0.3) is 11.1 Å². The summed E-state index contributed by atoms with van der Waals surface area (Å²) in [5, 5.41) is 9.13. The van der Waals surface area contributed by atoms with E-state index in [1.807, 2.05) is 0 Å². The number of benzene rings is 2. The molecule has 0 heterocycles. The molecule has 0 amide bonds. The molecule has 2 aromatic rings. The van der Waals surface area contributed by atoms with Crippen molar-refractivity contribution in [2.24, 2.45) is 0 Å². The van der Waals surface area contributed by atoms with Gasteiger partial charge in [-0.3, -0.25) is 4.79 Å². The van der Waals surface area contributed by atoms with Gasteiger partial charge in [-0.15, -0.1) is 0 Å². The first-order chi connectivity index (χ1) is 8.59. The fraction of sp³-hybridized carbons (Fsp3) is 0. The van der Waals surface area contributed by atoms with Crippen LogP contribution in [0.5, 0.6) is 0 Å². The zero-order valence-electron chi connectivity index (χ0n) is 9.11. The summed E-state index contributed by atoms with van der Waals surface area (Å²) in [6.07, 6.45) is 0. The average Bonchev–Trinajstić information content (AvgIpc) is 2.63. The molecule has 1 aliphatic carbocycles. The van der Waals surface area contributed by atoms with Crippen molar-refractivity contribution in [3.05, 3.63) is 58.9 Å². The predicted molar refractivity (Wildman–Crippen MR) is 62.2 cm³/mol. The largest absolute Gasteiger partial charge is 0.478 e. The molecule has 0 spiro atoms. The third-order valence-corrected chi connectivity index (χ3v) is 3.04. The van der Waals surface area contributed by atoms with E-state index in [1.54, 1.807) is 6.07 Å². The molecule has 2 aromatic carbocycles. The number of carbonyl (C=O) groups is 2. The van der Waals surface area contributed by atoms with Crippen molar-refractivity contribution in [1.82, 2.24) is 0 Å². The summed E-state index contributed by atoms with van der Waals surface area (Å²) >= 11 is 0. The van der Waals surface area contributed by atoms with Crippen LogP contribution in [0.1, 0.15) is 26.3 Å². The van der Waals surface area contributed by atoms with Crippen LogP contribution >= 0.6 is 0 Å². The van der Waals surface area contributed by atoms with Gasteiger partial charge in [0.1, 0.15) is 5.82 Å². The Labute approximate surface area is 101 Å². The van der Waals surface area contributed by atoms with Gasteiger partial charge >= 0.3 is 5.97 Å². The summed E-state index contributed by atoms with van der Waals surface area (Å²) in [6.45, 7) is 0. The number of ketones is 1. The summed E-state index contributed by atoms with van der Waals surface area (Å²) in [4.78, 5) is 23.2. The van der Waals surface area contributed by atoms with Crippen LogP contribution in [0.3, 0.4) is 0 Å². The third kappa shape index (κ3) is 1.29. The number of hydrogen-bond acceptors (Lipinski definition) is 2. The number of carboxylic acid groups (broad SMARTS) is 1. The molecule has 1 aliphatic rings. The summed E-state index contributed by atoms with van der Waals surface area (Å²) < 4.78 is 13.1. The van der Waals surface area contributed by atoms with Gasteiger partial charge in [0.15, 0.2) is 5.78 Å². The topological polar surface area (TPSA) is 54.4 Å². The minimum atomic E-state index is -1.10. The molecule has 0 bridgehead atoms. The van der Waals surface area contributed by atoms with E-state index in [9.17, 15) is 14.0 Å². The SMILES string of the molecule is O=C(O)c1cccc2c1-c1ccc(F)cc1C2=O. The molecule has 0 radical (unpaired) electrons. The lowest BCUT2D eigenvalue weighted by molar-refractivity contribution is 0.0697. The average molecular weight is 242 g/mol. The first-order valence-corrected chi connectivity index (χ1v) is 5.30. The number of hydrogen-bond donors (Lipinski definition) is 1. The zero-order chi connectivity index (χ0) is 12.9. The van der Waals surface area contributed by atoms with Crippen LogP contribution in [0.2, 0.25) is 0 Å². The maximum absolute atomic E-state index is 13.1. The smallest absolute Gasteiger partial charge is 0.336 e. The summed E-state index contributed by atoms with van der Waals surface area (Å²) in [5.41, 5.74) is 1.46. The van der Waals surface area contributed by atoms with E-state index in [-0.39, 0.29) is 16.9 Å². The molecule has 0 aromatic heterocycles. The van der Waals surface area contributed by atoms with Crippen molar-refractivity contribution < 1.29 is 19.1 Å². The van der Waals surface area contributed by atoms with Crippen LogP contribution in [0.15, 0.2) is 36.4 Å². The Morgan fingerprint density at radius 1 is 1.06 bits per heavy atom. The third-order valence-electron chi connectivity index (χ3n) is 3.04. The lowest BCUT2D eigenvalue weighted by Gasteiger charge is -2.04. The molecule has 18 heavy (non-hydrogen) atoms. The van der Waals surface area contributed by atoms with Crippen LogP contribution in [-0.4, -0.2) is 16.9 Å². The number of fused-ring (bicyclic) bond motifs is 3. The van der Waals surface area contributed by atoms with Crippen molar-refractivity contribution in [2.75, 3.05) is 0 Å². The van der Waals surface area contributed by atoms with Crippen LogP contribution in [0, 0.1) is 5.82 Å². The molecular weight excluding hydrogens is 235 g/mol. The second-order valence-corrected chi connectivity index (χ2v) is 4.05. The standard InChI is InChI=1S/C14H7FO3/c15-7-4-5-8-11(6-7)13(16)9-2-1-3-10(12(8)9)14(17)18/h1-6H,(H,17,18). The Hall–Kier alpha value is -2.49. The maximum atomic E-state index is 13.1. The monoisotopic (exact) mass is 242 g/mol. The number of rotatable bonds is 1. The molecule has 0 saturated heterocycles. The summed E-state index contributed by atoms with van der Waals surface area (Å²) in [5.74, 6) is -1.94. The maximum Gasteiger partial charge on any atom is 0.336 e. The van der Waals surface area contributed by atoms with E-state index in [0.717, 1.165) is 6.07 Å². The van der Waals surface area contributed by atoms with E-state index in [0.29, 0.717) is 16.7 Å². The Morgan fingerprint density at radius 3 is 2.56 bits per heavy atom. The van der Waals surface area contributed by atoms with E-state index in [4.69, 9.17) is 5.11 Å². The summed E-state index contributed by atoms with van der Waals surface area (Å²) in [7, 11) is 0. The minimum Gasteiger partial charge on any atom is -0.478 e. The summed E-state index contributed by atoms with van der Waals surface area (Å²) in [6, 6.07) is 8.32. The van der Waals surface area contributed by atoms with E-state index < -0.39 is 11.8 Å². The van der Waals surface area contributed by atoms with Gasteiger partial charge in [0.05, 0.1) is 5.56 Å². The van der Waals surface area contributed by atoms with Gasteiger partial charge in [0.25, 0.3) is 0 Å². The normalized spacial score (nSPS) is 12.2. The van der Waals surface area contributed by atoms with E-state index in [2.05, 4.69) is 0 Å². The molecule has 0 aliphatic heterocycles. The Kier molecular flexibility index (Phi) is 2.07. The van der Waals surface area contributed by atoms with Crippen molar-refractivity contribution in [2.45, 2.75) is 0 Å². The molecule has 3 nitrogen and oxygen atoms in total. The first kappa shape index (κ1) is 10.7. The lowest BCUT2D eigenvalue weighted by atomic mass is 9.99. The Bertz CT molecular complexity index is 704. The van der Waals surface area contributed by atoms with Crippen LogP contribution in [-0.2, 0) is 0 Å². The molecule has 3 rings (SSSR count). The lowest BCUT2D eigenvalue weighted by Crippen LogP contribution is -2.00. The molecule has 0 unspecified atom stereocenters. The van der Waals surface area contributed by atoms with Gasteiger partial charge in [-0.2, -0.15) is 0 Å². The Morgan fingerprint density at radius 2 is 1.83 bits per heavy atom. The van der Waals surface area contributed by atoms with Gasteiger partial charge in [0, 0.05) is 16.7 Å².